The van der Waals surface area contributed by atoms with Crippen molar-refractivity contribution in [2.45, 2.75) is 38.9 Å². The summed E-state index contributed by atoms with van der Waals surface area (Å²) in [7, 11) is 0. The summed E-state index contributed by atoms with van der Waals surface area (Å²) in [6, 6.07) is 12.5. The maximum Gasteiger partial charge on any atom is 0.119 e. The van der Waals surface area contributed by atoms with E-state index in [-0.39, 0.29) is 0 Å². The number of fused-ring (bicyclic) bond motifs is 1. The quantitative estimate of drug-likeness (QED) is 0.590. The standard InChI is InChI=1S/C22H28O4/c1-3-15(21-13-25-21)11-23-19-7-5-17-6-8-20(10-18(17)9-19)24-12-16(4-2)22-14-26-22/h5-10,15-16,21-22H,3-4,11-14H2,1-2H3. The van der Waals surface area contributed by atoms with Gasteiger partial charge in [0, 0.05) is 11.8 Å². The van der Waals surface area contributed by atoms with Crippen molar-refractivity contribution in [3.63, 3.8) is 0 Å². The molecular weight excluding hydrogens is 328 g/mol. The molecule has 4 unspecified atom stereocenters. The van der Waals surface area contributed by atoms with Gasteiger partial charge in [-0.25, -0.2) is 0 Å². The van der Waals surface area contributed by atoms with E-state index in [0.717, 1.165) is 42.9 Å². The van der Waals surface area contributed by atoms with Gasteiger partial charge in [-0.2, -0.15) is 0 Å². The molecule has 0 aliphatic carbocycles. The highest BCUT2D eigenvalue weighted by Gasteiger charge is 2.32. The third-order valence-electron chi connectivity index (χ3n) is 5.53. The van der Waals surface area contributed by atoms with Crippen molar-refractivity contribution in [1.82, 2.24) is 0 Å². The number of epoxide rings is 2. The Morgan fingerprint density at radius 3 is 1.65 bits per heavy atom. The van der Waals surface area contributed by atoms with E-state index >= 15 is 0 Å². The van der Waals surface area contributed by atoms with Crippen molar-refractivity contribution < 1.29 is 18.9 Å². The van der Waals surface area contributed by atoms with Gasteiger partial charge in [0.1, 0.15) is 11.5 Å². The van der Waals surface area contributed by atoms with Crippen molar-refractivity contribution in [3.8, 4) is 11.5 Å². The topological polar surface area (TPSA) is 43.5 Å². The van der Waals surface area contributed by atoms with Gasteiger partial charge in [-0.3, -0.25) is 0 Å². The largest absolute Gasteiger partial charge is 0.493 e. The van der Waals surface area contributed by atoms with Crippen molar-refractivity contribution in [3.05, 3.63) is 36.4 Å². The van der Waals surface area contributed by atoms with Gasteiger partial charge in [0.25, 0.3) is 0 Å². The second kappa shape index (κ2) is 7.85. The molecule has 2 saturated heterocycles. The maximum atomic E-state index is 6.03. The van der Waals surface area contributed by atoms with Crippen LogP contribution in [-0.2, 0) is 9.47 Å². The molecule has 2 heterocycles. The Kier molecular flexibility index (Phi) is 5.32. The molecule has 140 valence electrons. The third-order valence-corrected chi connectivity index (χ3v) is 5.53. The lowest BCUT2D eigenvalue weighted by Crippen LogP contribution is -2.17. The van der Waals surface area contributed by atoms with Gasteiger partial charge >= 0.3 is 0 Å². The summed E-state index contributed by atoms with van der Waals surface area (Å²) in [6.45, 7) is 7.56. The maximum absolute atomic E-state index is 6.03. The van der Waals surface area contributed by atoms with Gasteiger partial charge in [0.15, 0.2) is 0 Å². The van der Waals surface area contributed by atoms with Crippen LogP contribution < -0.4 is 9.47 Å². The lowest BCUT2D eigenvalue weighted by atomic mass is 10.0. The molecular formula is C22H28O4. The monoisotopic (exact) mass is 356 g/mol. The molecule has 0 saturated carbocycles. The SMILES string of the molecule is CCC(COc1ccc2ccc(OCC(CC)C3CO3)cc2c1)C1CO1. The first-order chi connectivity index (χ1) is 12.8. The van der Waals surface area contributed by atoms with E-state index in [1.807, 2.05) is 12.1 Å². The predicted molar refractivity (Wildman–Crippen MR) is 102 cm³/mol. The van der Waals surface area contributed by atoms with Crippen LogP contribution in [0.2, 0.25) is 0 Å². The highest BCUT2D eigenvalue weighted by Crippen LogP contribution is 2.29. The van der Waals surface area contributed by atoms with Crippen LogP contribution in [0.5, 0.6) is 11.5 Å². The zero-order valence-corrected chi connectivity index (χ0v) is 15.6. The first kappa shape index (κ1) is 17.6. The molecule has 0 spiro atoms. The first-order valence-electron chi connectivity index (χ1n) is 9.79. The zero-order chi connectivity index (χ0) is 17.9. The van der Waals surface area contributed by atoms with Crippen LogP contribution in [0.25, 0.3) is 10.8 Å². The molecule has 0 bridgehead atoms. The van der Waals surface area contributed by atoms with Crippen LogP contribution in [0.15, 0.2) is 36.4 Å². The Morgan fingerprint density at radius 1 is 0.808 bits per heavy atom. The number of hydrogen-bond acceptors (Lipinski definition) is 4. The molecule has 2 aromatic rings. The second-order valence-electron chi connectivity index (χ2n) is 7.37. The van der Waals surface area contributed by atoms with E-state index in [4.69, 9.17) is 18.9 Å². The predicted octanol–water partition coefficient (Wildman–Crippen LogP) is 4.45. The summed E-state index contributed by atoms with van der Waals surface area (Å²) < 4.78 is 22.9. The Balaban J connectivity index is 1.40. The van der Waals surface area contributed by atoms with Crippen LogP contribution in [0.3, 0.4) is 0 Å². The van der Waals surface area contributed by atoms with Crippen molar-refractivity contribution in [2.24, 2.45) is 11.8 Å². The second-order valence-corrected chi connectivity index (χ2v) is 7.37. The Morgan fingerprint density at radius 2 is 1.27 bits per heavy atom. The fraction of sp³-hybridized carbons (Fsp3) is 0.545. The molecule has 2 fully saturated rings. The lowest BCUT2D eigenvalue weighted by Gasteiger charge is -2.15. The zero-order valence-electron chi connectivity index (χ0n) is 15.6. The normalized spacial score (nSPS) is 23.5. The van der Waals surface area contributed by atoms with Gasteiger partial charge in [-0.05, 0) is 47.9 Å². The molecule has 0 radical (unpaired) electrons. The molecule has 2 aliphatic rings. The minimum absolute atomic E-state index is 0.391. The molecule has 2 aliphatic heterocycles. The number of rotatable bonds is 10. The van der Waals surface area contributed by atoms with Crippen molar-refractivity contribution in [1.29, 1.82) is 0 Å². The number of hydrogen-bond donors (Lipinski definition) is 0. The summed E-state index contributed by atoms with van der Waals surface area (Å²) in [6.07, 6.45) is 2.95. The molecule has 4 heteroatoms. The van der Waals surface area contributed by atoms with Gasteiger partial charge in [-0.15, -0.1) is 0 Å². The third kappa shape index (κ3) is 4.30. The Labute approximate surface area is 155 Å². The Hall–Kier alpha value is -1.78. The molecule has 0 amide bonds. The molecule has 4 atom stereocenters. The molecule has 4 rings (SSSR count). The lowest BCUT2D eigenvalue weighted by molar-refractivity contribution is 0.206. The number of ether oxygens (including phenoxy) is 4. The Bertz CT molecular complexity index is 677. The minimum Gasteiger partial charge on any atom is -0.493 e. The van der Waals surface area contributed by atoms with E-state index in [1.54, 1.807) is 0 Å². The van der Waals surface area contributed by atoms with E-state index in [0.29, 0.717) is 37.3 Å². The minimum atomic E-state index is 0.391. The van der Waals surface area contributed by atoms with E-state index in [9.17, 15) is 0 Å². The average molecular weight is 356 g/mol. The molecule has 26 heavy (non-hydrogen) atoms. The fourth-order valence-corrected chi connectivity index (χ4v) is 3.42. The average Bonchev–Trinajstić information content (AvgIpc) is 3.55. The summed E-state index contributed by atoms with van der Waals surface area (Å²) >= 11 is 0. The fourth-order valence-electron chi connectivity index (χ4n) is 3.42. The molecule has 4 nitrogen and oxygen atoms in total. The van der Waals surface area contributed by atoms with Crippen molar-refractivity contribution in [2.75, 3.05) is 26.4 Å². The van der Waals surface area contributed by atoms with Crippen LogP contribution in [0.1, 0.15) is 26.7 Å². The molecule has 0 N–H and O–H groups in total. The summed E-state index contributed by atoms with van der Waals surface area (Å²) in [5.41, 5.74) is 0. The van der Waals surface area contributed by atoms with Gasteiger partial charge < -0.3 is 18.9 Å². The molecule has 2 aromatic carbocycles. The summed E-state index contributed by atoms with van der Waals surface area (Å²) in [5, 5.41) is 2.34. The summed E-state index contributed by atoms with van der Waals surface area (Å²) in [5.74, 6) is 2.78. The van der Waals surface area contributed by atoms with Gasteiger partial charge in [0.2, 0.25) is 0 Å². The van der Waals surface area contributed by atoms with Crippen LogP contribution >= 0.6 is 0 Å². The van der Waals surface area contributed by atoms with E-state index < -0.39 is 0 Å². The van der Waals surface area contributed by atoms with Crippen LogP contribution in [-0.4, -0.2) is 38.6 Å². The van der Waals surface area contributed by atoms with Crippen molar-refractivity contribution >= 4 is 10.8 Å². The first-order valence-corrected chi connectivity index (χ1v) is 9.79. The van der Waals surface area contributed by atoms with Crippen LogP contribution in [0.4, 0.5) is 0 Å². The van der Waals surface area contributed by atoms with E-state index in [1.165, 1.54) is 5.39 Å². The highest BCUT2D eigenvalue weighted by molar-refractivity contribution is 5.85. The van der Waals surface area contributed by atoms with Gasteiger partial charge in [0.05, 0.1) is 38.6 Å². The van der Waals surface area contributed by atoms with Crippen LogP contribution in [0, 0.1) is 11.8 Å². The van der Waals surface area contributed by atoms with Gasteiger partial charge in [-0.1, -0.05) is 26.0 Å². The number of benzene rings is 2. The molecule has 0 aromatic heterocycles. The van der Waals surface area contributed by atoms with E-state index in [2.05, 4.69) is 38.1 Å². The smallest absolute Gasteiger partial charge is 0.119 e. The summed E-state index contributed by atoms with van der Waals surface area (Å²) in [4.78, 5) is 0. The highest BCUT2D eigenvalue weighted by atomic mass is 16.6.